The van der Waals surface area contributed by atoms with Crippen LogP contribution in [0.25, 0.3) is 0 Å². The van der Waals surface area contributed by atoms with Gasteiger partial charge < -0.3 is 20.9 Å². The number of unbranched alkanes of at least 4 members (excludes halogenated alkanes) is 2. The van der Waals surface area contributed by atoms with Crippen molar-refractivity contribution in [3.05, 3.63) is 11.9 Å². The highest BCUT2D eigenvalue weighted by Gasteiger charge is 2.02. The molecule has 1 aromatic rings. The molecule has 6 nitrogen and oxygen atoms in total. The number of rotatable bonds is 9. The summed E-state index contributed by atoms with van der Waals surface area (Å²) in [5.41, 5.74) is 5.70. The molecule has 0 saturated carbocycles. The lowest BCUT2D eigenvalue weighted by Gasteiger charge is -2.08. The first kappa shape index (κ1) is 14.7. The predicted octanol–water partition coefficient (Wildman–Crippen LogP) is 1.17. The maximum atomic E-state index is 8.67. The minimum absolute atomic E-state index is 0.249. The number of hydrogen-bond donors (Lipinski definition) is 3. The van der Waals surface area contributed by atoms with Crippen molar-refractivity contribution >= 4 is 11.6 Å². The van der Waals surface area contributed by atoms with Crippen molar-refractivity contribution in [2.45, 2.75) is 32.8 Å². The van der Waals surface area contributed by atoms with Gasteiger partial charge >= 0.3 is 0 Å². The van der Waals surface area contributed by atoms with Crippen molar-refractivity contribution in [3.63, 3.8) is 0 Å². The molecule has 0 aliphatic carbocycles. The first-order valence-electron chi connectivity index (χ1n) is 6.32. The molecule has 0 unspecified atom stereocenters. The van der Waals surface area contributed by atoms with Gasteiger partial charge in [0.05, 0.1) is 0 Å². The van der Waals surface area contributed by atoms with Crippen molar-refractivity contribution in [2.24, 2.45) is 0 Å². The number of nitrogens with two attached hydrogens (primary N) is 1. The molecule has 0 amide bonds. The van der Waals surface area contributed by atoms with Gasteiger partial charge in [0.1, 0.15) is 18.2 Å². The number of ether oxygens (including phenoxy) is 1. The van der Waals surface area contributed by atoms with E-state index in [1.165, 1.54) is 0 Å². The molecule has 0 atom stereocenters. The maximum Gasteiger partial charge on any atom is 0.158 e. The average Bonchev–Trinajstić information content (AvgIpc) is 2.35. The number of hydrogen-bond acceptors (Lipinski definition) is 6. The number of nitrogen functional groups attached to an aromatic ring is 1. The van der Waals surface area contributed by atoms with Gasteiger partial charge in [0.25, 0.3) is 0 Å². The Bertz CT molecular complexity index is 347. The summed E-state index contributed by atoms with van der Waals surface area (Å²) in [5.74, 6) is 1.76. The van der Waals surface area contributed by atoms with E-state index < -0.39 is 0 Å². The van der Waals surface area contributed by atoms with Gasteiger partial charge in [-0.1, -0.05) is 0 Å². The lowest BCUT2D eigenvalue weighted by molar-refractivity contribution is 0.128. The molecule has 0 aliphatic heterocycles. The molecule has 102 valence electrons. The minimum Gasteiger partial charge on any atom is -0.396 e. The summed E-state index contributed by atoms with van der Waals surface area (Å²) < 4.78 is 5.25. The van der Waals surface area contributed by atoms with E-state index in [4.69, 9.17) is 15.6 Å². The summed E-state index contributed by atoms with van der Waals surface area (Å²) in [6.07, 6.45) is 2.82. The molecule has 4 N–H and O–H groups in total. The summed E-state index contributed by atoms with van der Waals surface area (Å²) in [5, 5.41) is 11.9. The van der Waals surface area contributed by atoms with Gasteiger partial charge in [-0.3, -0.25) is 0 Å². The van der Waals surface area contributed by atoms with Crippen molar-refractivity contribution in [2.75, 3.05) is 30.8 Å². The molecular weight excluding hydrogens is 232 g/mol. The van der Waals surface area contributed by atoms with Gasteiger partial charge in [-0.25, -0.2) is 9.97 Å². The predicted molar refractivity (Wildman–Crippen MR) is 71.2 cm³/mol. The zero-order chi connectivity index (χ0) is 13.2. The zero-order valence-electron chi connectivity index (χ0n) is 10.9. The molecule has 18 heavy (non-hydrogen) atoms. The van der Waals surface area contributed by atoms with Crippen LogP contribution in [0.3, 0.4) is 0 Å². The van der Waals surface area contributed by atoms with Crippen LogP contribution < -0.4 is 11.1 Å². The topological polar surface area (TPSA) is 93.3 Å². The Hall–Kier alpha value is -1.40. The summed E-state index contributed by atoms with van der Waals surface area (Å²) in [7, 11) is 0. The number of aliphatic hydroxyl groups excluding tert-OH is 1. The summed E-state index contributed by atoms with van der Waals surface area (Å²) >= 11 is 0. The smallest absolute Gasteiger partial charge is 0.158 e. The number of anilines is 2. The van der Waals surface area contributed by atoms with Gasteiger partial charge in [0, 0.05) is 25.8 Å². The van der Waals surface area contributed by atoms with Gasteiger partial charge in [-0.05, 0) is 26.2 Å². The van der Waals surface area contributed by atoms with E-state index in [-0.39, 0.29) is 6.61 Å². The van der Waals surface area contributed by atoms with Crippen LogP contribution in [0.4, 0.5) is 11.6 Å². The van der Waals surface area contributed by atoms with Gasteiger partial charge in [-0.15, -0.1) is 0 Å². The third-order valence-electron chi connectivity index (χ3n) is 2.37. The second kappa shape index (κ2) is 8.66. The quantitative estimate of drug-likeness (QED) is 0.573. The van der Waals surface area contributed by atoms with Crippen molar-refractivity contribution in [1.29, 1.82) is 0 Å². The molecule has 0 fully saturated rings. The third-order valence-corrected chi connectivity index (χ3v) is 2.37. The van der Waals surface area contributed by atoms with Crippen LogP contribution in [-0.4, -0.2) is 34.8 Å². The highest BCUT2D eigenvalue weighted by Crippen LogP contribution is 2.09. The van der Waals surface area contributed by atoms with Gasteiger partial charge in [0.15, 0.2) is 5.82 Å². The number of nitrogens with one attached hydrogen (secondary N) is 1. The minimum atomic E-state index is 0.249. The van der Waals surface area contributed by atoms with Crippen LogP contribution in [0.15, 0.2) is 6.07 Å². The normalized spacial score (nSPS) is 10.6. The molecule has 1 aromatic heterocycles. The second-order valence-electron chi connectivity index (χ2n) is 3.94. The van der Waals surface area contributed by atoms with Crippen molar-refractivity contribution in [3.8, 4) is 0 Å². The first-order valence-corrected chi connectivity index (χ1v) is 6.32. The maximum absolute atomic E-state index is 8.67. The van der Waals surface area contributed by atoms with Crippen LogP contribution in [0.1, 0.15) is 32.0 Å². The van der Waals surface area contributed by atoms with E-state index in [1.807, 2.05) is 6.92 Å². The number of nitrogens with zero attached hydrogens (tertiary/aromatic N) is 2. The summed E-state index contributed by atoms with van der Waals surface area (Å²) in [6.45, 7) is 3.99. The Balaban J connectivity index is 2.41. The lowest BCUT2D eigenvalue weighted by Crippen LogP contribution is -2.08. The first-order chi connectivity index (χ1) is 8.76. The second-order valence-corrected chi connectivity index (χ2v) is 3.94. The van der Waals surface area contributed by atoms with Crippen LogP contribution in [0, 0.1) is 0 Å². The molecule has 0 bridgehead atoms. The van der Waals surface area contributed by atoms with E-state index >= 15 is 0 Å². The lowest BCUT2D eigenvalue weighted by atomic mass is 10.2. The fourth-order valence-electron chi connectivity index (χ4n) is 1.50. The fraction of sp³-hybridized carbons (Fsp3) is 0.667. The van der Waals surface area contributed by atoms with Crippen LogP contribution in [-0.2, 0) is 11.3 Å². The molecule has 0 spiro atoms. The Kier molecular flexibility index (Phi) is 7.05. The molecular formula is C12H22N4O2. The highest BCUT2D eigenvalue weighted by atomic mass is 16.5. The summed E-state index contributed by atoms with van der Waals surface area (Å²) in [4.78, 5) is 8.41. The van der Waals surface area contributed by atoms with E-state index in [9.17, 15) is 0 Å². The third kappa shape index (κ3) is 5.79. The Morgan fingerprint density at radius 3 is 2.89 bits per heavy atom. The highest BCUT2D eigenvalue weighted by molar-refractivity contribution is 5.44. The summed E-state index contributed by atoms with van der Waals surface area (Å²) in [6, 6.07) is 1.71. The fourth-order valence-corrected chi connectivity index (χ4v) is 1.50. The van der Waals surface area contributed by atoms with Gasteiger partial charge in [-0.2, -0.15) is 0 Å². The number of aromatic nitrogens is 2. The van der Waals surface area contributed by atoms with E-state index in [1.54, 1.807) is 6.07 Å². The Labute approximate surface area is 108 Å². The van der Waals surface area contributed by atoms with Crippen LogP contribution >= 0.6 is 0 Å². The van der Waals surface area contributed by atoms with Crippen LogP contribution in [0.5, 0.6) is 0 Å². The Morgan fingerprint density at radius 2 is 2.17 bits per heavy atom. The van der Waals surface area contributed by atoms with Gasteiger partial charge in [0.2, 0.25) is 0 Å². The molecule has 0 saturated heterocycles. The van der Waals surface area contributed by atoms with E-state index in [0.29, 0.717) is 24.9 Å². The zero-order valence-corrected chi connectivity index (χ0v) is 10.9. The monoisotopic (exact) mass is 254 g/mol. The van der Waals surface area contributed by atoms with Crippen molar-refractivity contribution < 1.29 is 9.84 Å². The molecule has 0 aliphatic rings. The molecule has 1 heterocycles. The largest absolute Gasteiger partial charge is 0.396 e. The SMILES string of the molecule is CCOCc1nc(N)cc(NCCCCCO)n1. The van der Waals surface area contributed by atoms with Crippen molar-refractivity contribution in [1.82, 2.24) is 9.97 Å². The molecule has 1 rings (SSSR count). The molecule has 0 aromatic carbocycles. The van der Waals surface area contributed by atoms with Crippen LogP contribution in [0.2, 0.25) is 0 Å². The average molecular weight is 254 g/mol. The molecule has 0 radical (unpaired) electrons. The Morgan fingerprint density at radius 1 is 1.33 bits per heavy atom. The standard InChI is InChI=1S/C12H22N4O2/c1-2-18-9-12-15-10(13)8-11(16-12)14-6-4-3-5-7-17/h8,17H,2-7,9H2,1H3,(H3,13,14,15,16). The number of aliphatic hydroxyl groups is 1. The van der Waals surface area contributed by atoms with E-state index in [2.05, 4.69) is 15.3 Å². The van der Waals surface area contributed by atoms with E-state index in [0.717, 1.165) is 31.6 Å². The molecule has 6 heteroatoms.